The summed E-state index contributed by atoms with van der Waals surface area (Å²) in [5.74, 6) is 0.266. The van der Waals surface area contributed by atoms with Crippen LogP contribution in [0.1, 0.15) is 18.1 Å². The van der Waals surface area contributed by atoms with Crippen molar-refractivity contribution in [3.8, 4) is 5.75 Å². The molecule has 3 heteroatoms. The minimum atomic E-state index is -0.317. The average molecular weight is 194 g/mol. The van der Waals surface area contributed by atoms with Crippen molar-refractivity contribution < 1.29 is 14.6 Å². The number of rotatable bonds is 3. The first-order valence-electron chi connectivity index (χ1n) is 4.52. The molecule has 0 amide bonds. The predicted molar refractivity (Wildman–Crippen MR) is 53.3 cm³/mol. The van der Waals surface area contributed by atoms with Gasteiger partial charge in [-0.15, -0.1) is 0 Å². The molecule has 0 heterocycles. The number of carbonyl (C=O) groups is 1. The van der Waals surface area contributed by atoms with Gasteiger partial charge in [0.05, 0.1) is 0 Å². The van der Waals surface area contributed by atoms with E-state index in [0.29, 0.717) is 12.2 Å². The summed E-state index contributed by atoms with van der Waals surface area (Å²) in [4.78, 5) is 10.7. The lowest BCUT2D eigenvalue weighted by atomic mass is 10.1. The summed E-state index contributed by atoms with van der Waals surface area (Å²) in [6.07, 6.45) is 0.626. The van der Waals surface area contributed by atoms with Gasteiger partial charge in [0.2, 0.25) is 0 Å². The zero-order chi connectivity index (χ0) is 10.6. The number of aryl methyl sites for hydroxylation is 1. The van der Waals surface area contributed by atoms with Crippen LogP contribution < -0.4 is 4.74 Å². The Morgan fingerprint density at radius 2 is 2.21 bits per heavy atom. The minimum Gasteiger partial charge on any atom is -0.426 e. The number of carbonyl (C=O) groups excluding carboxylic acids is 1. The zero-order valence-corrected chi connectivity index (χ0v) is 8.41. The van der Waals surface area contributed by atoms with Crippen LogP contribution in [0.3, 0.4) is 0 Å². The van der Waals surface area contributed by atoms with Crippen LogP contribution in [-0.4, -0.2) is 17.7 Å². The molecule has 0 saturated heterocycles. The van der Waals surface area contributed by atoms with E-state index in [9.17, 15) is 4.79 Å². The monoisotopic (exact) mass is 194 g/mol. The van der Waals surface area contributed by atoms with E-state index < -0.39 is 0 Å². The summed E-state index contributed by atoms with van der Waals surface area (Å²) in [5.41, 5.74) is 1.95. The van der Waals surface area contributed by atoms with Gasteiger partial charge in [-0.05, 0) is 30.5 Å². The second-order valence-corrected chi connectivity index (χ2v) is 3.17. The Morgan fingerprint density at radius 1 is 1.50 bits per heavy atom. The third kappa shape index (κ3) is 2.85. The fourth-order valence-corrected chi connectivity index (χ4v) is 1.27. The van der Waals surface area contributed by atoms with Crippen molar-refractivity contribution in [1.29, 1.82) is 0 Å². The van der Waals surface area contributed by atoms with Crippen molar-refractivity contribution in [3.63, 3.8) is 0 Å². The van der Waals surface area contributed by atoms with E-state index in [0.717, 1.165) is 11.1 Å². The molecule has 0 aromatic heterocycles. The zero-order valence-electron chi connectivity index (χ0n) is 8.41. The van der Waals surface area contributed by atoms with Crippen molar-refractivity contribution in [2.45, 2.75) is 20.3 Å². The van der Waals surface area contributed by atoms with Gasteiger partial charge in [0, 0.05) is 13.5 Å². The Balaban J connectivity index is 2.84. The standard InChI is InChI=1S/C11H14O3/c1-8-7-10(5-6-12)3-4-11(8)14-9(2)13/h3-4,7,12H,5-6H2,1-2H3. The van der Waals surface area contributed by atoms with Gasteiger partial charge < -0.3 is 9.84 Å². The molecule has 0 fully saturated rings. The van der Waals surface area contributed by atoms with Crippen molar-refractivity contribution in [2.24, 2.45) is 0 Å². The molecule has 0 aliphatic heterocycles. The van der Waals surface area contributed by atoms with E-state index in [2.05, 4.69) is 0 Å². The molecular weight excluding hydrogens is 180 g/mol. The second kappa shape index (κ2) is 4.77. The molecule has 0 radical (unpaired) electrons. The summed E-state index contributed by atoms with van der Waals surface area (Å²) in [7, 11) is 0. The summed E-state index contributed by atoms with van der Waals surface area (Å²) >= 11 is 0. The first-order chi connectivity index (χ1) is 6.63. The SMILES string of the molecule is CC(=O)Oc1ccc(CCO)cc1C. The smallest absolute Gasteiger partial charge is 0.308 e. The van der Waals surface area contributed by atoms with Gasteiger partial charge in [-0.1, -0.05) is 12.1 Å². The summed E-state index contributed by atoms with van der Waals surface area (Å²) < 4.78 is 4.98. The highest BCUT2D eigenvalue weighted by Crippen LogP contribution is 2.19. The summed E-state index contributed by atoms with van der Waals surface area (Å²) in [6, 6.07) is 5.51. The Labute approximate surface area is 83.3 Å². The first kappa shape index (κ1) is 10.7. The maximum absolute atomic E-state index is 10.7. The molecule has 3 nitrogen and oxygen atoms in total. The van der Waals surface area contributed by atoms with Crippen LogP contribution in [-0.2, 0) is 11.2 Å². The van der Waals surface area contributed by atoms with E-state index in [1.165, 1.54) is 6.92 Å². The lowest BCUT2D eigenvalue weighted by Crippen LogP contribution is -2.03. The van der Waals surface area contributed by atoms with Gasteiger partial charge in [0.1, 0.15) is 5.75 Å². The normalized spacial score (nSPS) is 9.93. The molecule has 1 rings (SSSR count). The van der Waals surface area contributed by atoms with Gasteiger partial charge in [-0.2, -0.15) is 0 Å². The summed E-state index contributed by atoms with van der Waals surface area (Å²) in [6.45, 7) is 3.38. The van der Waals surface area contributed by atoms with Gasteiger partial charge in [0.25, 0.3) is 0 Å². The fraction of sp³-hybridized carbons (Fsp3) is 0.364. The van der Waals surface area contributed by atoms with Gasteiger partial charge in [0.15, 0.2) is 0 Å². The maximum atomic E-state index is 10.7. The van der Waals surface area contributed by atoms with Gasteiger partial charge in [-0.25, -0.2) is 0 Å². The number of hydrogen-bond acceptors (Lipinski definition) is 3. The largest absolute Gasteiger partial charge is 0.426 e. The van der Waals surface area contributed by atoms with Crippen molar-refractivity contribution in [1.82, 2.24) is 0 Å². The number of aliphatic hydroxyl groups excluding tert-OH is 1. The maximum Gasteiger partial charge on any atom is 0.308 e. The van der Waals surface area contributed by atoms with Crippen molar-refractivity contribution >= 4 is 5.97 Å². The summed E-state index contributed by atoms with van der Waals surface area (Å²) in [5, 5.41) is 8.74. The number of benzene rings is 1. The average Bonchev–Trinajstić information content (AvgIpc) is 2.10. The quantitative estimate of drug-likeness (QED) is 0.585. The minimum absolute atomic E-state index is 0.131. The number of ether oxygens (including phenoxy) is 1. The molecular formula is C11H14O3. The molecule has 0 saturated carbocycles. The third-order valence-electron chi connectivity index (χ3n) is 1.89. The van der Waals surface area contributed by atoms with Crippen LogP contribution in [0.4, 0.5) is 0 Å². The molecule has 0 spiro atoms. The third-order valence-corrected chi connectivity index (χ3v) is 1.89. The highest BCUT2D eigenvalue weighted by molar-refractivity contribution is 5.69. The molecule has 0 bridgehead atoms. The van der Waals surface area contributed by atoms with Crippen LogP contribution in [0.5, 0.6) is 5.75 Å². The van der Waals surface area contributed by atoms with Crippen LogP contribution in [0.2, 0.25) is 0 Å². The Morgan fingerprint density at radius 3 is 2.71 bits per heavy atom. The van der Waals surface area contributed by atoms with E-state index in [1.54, 1.807) is 6.07 Å². The number of esters is 1. The molecule has 0 aliphatic rings. The molecule has 0 atom stereocenters. The molecule has 1 N–H and O–H groups in total. The van der Waals surface area contributed by atoms with E-state index in [4.69, 9.17) is 9.84 Å². The first-order valence-corrected chi connectivity index (χ1v) is 4.52. The molecule has 76 valence electrons. The molecule has 1 aromatic rings. The Bertz CT molecular complexity index is 331. The lowest BCUT2D eigenvalue weighted by molar-refractivity contribution is -0.131. The van der Waals surface area contributed by atoms with E-state index >= 15 is 0 Å². The topological polar surface area (TPSA) is 46.5 Å². The van der Waals surface area contributed by atoms with E-state index in [1.807, 2.05) is 19.1 Å². The highest BCUT2D eigenvalue weighted by atomic mass is 16.5. The Kier molecular flexibility index (Phi) is 3.65. The van der Waals surface area contributed by atoms with Gasteiger partial charge >= 0.3 is 5.97 Å². The van der Waals surface area contributed by atoms with Crippen molar-refractivity contribution in [3.05, 3.63) is 29.3 Å². The van der Waals surface area contributed by atoms with Crippen molar-refractivity contribution in [2.75, 3.05) is 6.61 Å². The second-order valence-electron chi connectivity index (χ2n) is 3.17. The van der Waals surface area contributed by atoms with Crippen LogP contribution in [0.25, 0.3) is 0 Å². The van der Waals surface area contributed by atoms with Gasteiger partial charge in [-0.3, -0.25) is 4.79 Å². The van der Waals surface area contributed by atoms with Crippen LogP contribution in [0.15, 0.2) is 18.2 Å². The fourth-order valence-electron chi connectivity index (χ4n) is 1.27. The van der Waals surface area contributed by atoms with E-state index in [-0.39, 0.29) is 12.6 Å². The number of aliphatic hydroxyl groups is 1. The lowest BCUT2D eigenvalue weighted by Gasteiger charge is -2.06. The predicted octanol–water partition coefficient (Wildman–Crippen LogP) is 1.46. The molecule has 0 unspecified atom stereocenters. The molecule has 1 aromatic carbocycles. The van der Waals surface area contributed by atoms with Crippen LogP contribution >= 0.6 is 0 Å². The highest BCUT2D eigenvalue weighted by Gasteiger charge is 2.03. The molecule has 0 aliphatic carbocycles. The van der Waals surface area contributed by atoms with Crippen LogP contribution in [0, 0.1) is 6.92 Å². The number of hydrogen-bond donors (Lipinski definition) is 1. The molecule has 14 heavy (non-hydrogen) atoms. The Hall–Kier alpha value is -1.35.